The van der Waals surface area contributed by atoms with Gasteiger partial charge in [0.2, 0.25) is 10.0 Å². The molecule has 0 atom stereocenters. The van der Waals surface area contributed by atoms with Gasteiger partial charge in [0.15, 0.2) is 6.61 Å². The number of hydrogen-bond acceptors (Lipinski definition) is 6. The van der Waals surface area contributed by atoms with Crippen molar-refractivity contribution in [2.24, 2.45) is 0 Å². The Labute approximate surface area is 173 Å². The fraction of sp³-hybridized carbons (Fsp3) is 0.263. The van der Waals surface area contributed by atoms with E-state index in [1.54, 1.807) is 18.2 Å². The maximum Gasteiger partial charge on any atom is 0.338 e. The van der Waals surface area contributed by atoms with Gasteiger partial charge in [-0.25, -0.2) is 13.2 Å². The highest BCUT2D eigenvalue weighted by atomic mass is 35.5. The average Bonchev–Trinajstić information content (AvgIpc) is 2.73. The molecular weight excluding hydrogens is 420 g/mol. The number of nitrogens with one attached hydrogen (secondary N) is 1. The summed E-state index contributed by atoms with van der Waals surface area (Å²) in [6, 6.07) is 12.1. The molecule has 1 fully saturated rings. The third-order valence-electron chi connectivity index (χ3n) is 4.12. The molecule has 2 aromatic carbocycles. The third kappa shape index (κ3) is 5.54. The third-order valence-corrected chi connectivity index (χ3v) is 6.25. The number of nitrogens with zero attached hydrogens (tertiary/aromatic N) is 1. The number of hydrogen-bond donors (Lipinski definition) is 1. The Bertz CT molecular complexity index is 1010. The summed E-state index contributed by atoms with van der Waals surface area (Å²) in [4.78, 5) is 24.1. The zero-order valence-corrected chi connectivity index (χ0v) is 16.9. The lowest BCUT2D eigenvalue weighted by Gasteiger charge is -2.26. The van der Waals surface area contributed by atoms with Crippen LogP contribution >= 0.6 is 11.6 Å². The molecule has 1 amide bonds. The monoisotopic (exact) mass is 438 g/mol. The Balaban J connectivity index is 1.61. The molecule has 10 heteroatoms. The number of esters is 1. The molecule has 8 nitrogen and oxygen atoms in total. The molecule has 1 aliphatic heterocycles. The zero-order valence-electron chi connectivity index (χ0n) is 15.3. The summed E-state index contributed by atoms with van der Waals surface area (Å²) in [5.74, 6) is -1.28. The van der Waals surface area contributed by atoms with Crippen LogP contribution < -0.4 is 5.32 Å². The molecule has 0 unspecified atom stereocenters. The highest BCUT2D eigenvalue weighted by molar-refractivity contribution is 7.89. The van der Waals surface area contributed by atoms with E-state index in [0.717, 1.165) is 0 Å². The van der Waals surface area contributed by atoms with Crippen LogP contribution in [-0.2, 0) is 24.3 Å². The lowest BCUT2D eigenvalue weighted by molar-refractivity contribution is -0.119. The number of halogens is 1. The van der Waals surface area contributed by atoms with Crippen LogP contribution in [0.25, 0.3) is 0 Å². The first-order chi connectivity index (χ1) is 13.9. The summed E-state index contributed by atoms with van der Waals surface area (Å²) in [6.45, 7) is 0.712. The van der Waals surface area contributed by atoms with Gasteiger partial charge >= 0.3 is 5.97 Å². The molecule has 2 aromatic rings. The van der Waals surface area contributed by atoms with Crippen molar-refractivity contribution in [2.45, 2.75) is 4.90 Å². The molecule has 154 valence electrons. The zero-order chi connectivity index (χ0) is 20.9. The van der Waals surface area contributed by atoms with Gasteiger partial charge in [-0.15, -0.1) is 0 Å². The van der Waals surface area contributed by atoms with Gasteiger partial charge < -0.3 is 14.8 Å². The van der Waals surface area contributed by atoms with Crippen LogP contribution in [0.15, 0.2) is 53.4 Å². The first-order valence-corrected chi connectivity index (χ1v) is 10.6. The lowest BCUT2D eigenvalue weighted by atomic mass is 10.2. The predicted molar refractivity (Wildman–Crippen MR) is 106 cm³/mol. The molecule has 1 N–H and O–H groups in total. The first-order valence-electron chi connectivity index (χ1n) is 8.77. The quantitative estimate of drug-likeness (QED) is 0.693. The summed E-state index contributed by atoms with van der Waals surface area (Å²) in [5.41, 5.74) is 0.507. The fourth-order valence-corrected chi connectivity index (χ4v) is 4.34. The Morgan fingerprint density at radius 2 is 1.83 bits per heavy atom. The van der Waals surface area contributed by atoms with E-state index >= 15 is 0 Å². The number of carbonyl (C=O) groups excluding carboxylic acids is 2. The molecule has 0 bridgehead atoms. The Morgan fingerprint density at radius 3 is 2.55 bits per heavy atom. The van der Waals surface area contributed by atoms with Gasteiger partial charge in [-0.3, -0.25) is 4.79 Å². The van der Waals surface area contributed by atoms with Gasteiger partial charge in [-0.05, 0) is 36.4 Å². The van der Waals surface area contributed by atoms with E-state index in [-0.39, 0.29) is 29.2 Å². The van der Waals surface area contributed by atoms with Gasteiger partial charge in [0, 0.05) is 23.8 Å². The number of sulfonamides is 1. The van der Waals surface area contributed by atoms with E-state index in [4.69, 9.17) is 21.1 Å². The predicted octanol–water partition coefficient (Wildman–Crippen LogP) is 2.16. The van der Waals surface area contributed by atoms with E-state index in [1.807, 2.05) is 0 Å². The number of amides is 1. The standard InChI is InChI=1S/C19H19ClN2O6S/c20-15-4-1-3-14(11-15)19(24)28-13-18(23)21-16-5-2-6-17(12-16)29(25,26)22-7-9-27-10-8-22/h1-6,11-12H,7-10,13H2,(H,21,23). The molecule has 1 heterocycles. The first kappa shape index (κ1) is 21.3. The summed E-state index contributed by atoms with van der Waals surface area (Å²) < 4.78 is 36.9. The van der Waals surface area contributed by atoms with Gasteiger partial charge in [-0.2, -0.15) is 4.31 Å². The number of ether oxygens (including phenoxy) is 2. The fourth-order valence-electron chi connectivity index (χ4n) is 2.70. The molecule has 0 spiro atoms. The van der Waals surface area contributed by atoms with Gasteiger partial charge in [-0.1, -0.05) is 23.7 Å². The van der Waals surface area contributed by atoms with Crippen molar-refractivity contribution in [3.8, 4) is 0 Å². The Morgan fingerprint density at radius 1 is 1.10 bits per heavy atom. The molecular formula is C19H19ClN2O6S. The smallest absolute Gasteiger partial charge is 0.338 e. The Hall–Kier alpha value is -2.46. The van der Waals surface area contributed by atoms with Crippen molar-refractivity contribution >= 4 is 39.2 Å². The van der Waals surface area contributed by atoms with Crippen molar-refractivity contribution in [1.82, 2.24) is 4.31 Å². The second-order valence-electron chi connectivity index (χ2n) is 6.18. The van der Waals surface area contributed by atoms with Crippen LogP contribution in [0.3, 0.4) is 0 Å². The summed E-state index contributed by atoms with van der Waals surface area (Å²) in [5, 5.41) is 2.90. The number of rotatable bonds is 6. The molecule has 0 aliphatic carbocycles. The van der Waals surface area contributed by atoms with Crippen molar-refractivity contribution < 1.29 is 27.5 Å². The maximum atomic E-state index is 12.7. The van der Waals surface area contributed by atoms with E-state index in [1.165, 1.54) is 34.6 Å². The molecule has 0 aromatic heterocycles. The maximum absolute atomic E-state index is 12.7. The highest BCUT2D eigenvalue weighted by Gasteiger charge is 2.26. The number of morpholine rings is 1. The normalized spacial score (nSPS) is 14.9. The minimum atomic E-state index is -3.68. The van der Waals surface area contributed by atoms with Crippen molar-refractivity contribution in [3.63, 3.8) is 0 Å². The second kappa shape index (κ2) is 9.36. The topological polar surface area (TPSA) is 102 Å². The largest absolute Gasteiger partial charge is 0.452 e. The second-order valence-corrected chi connectivity index (χ2v) is 8.55. The molecule has 0 radical (unpaired) electrons. The van der Waals surface area contributed by atoms with E-state index in [9.17, 15) is 18.0 Å². The van der Waals surface area contributed by atoms with Crippen molar-refractivity contribution in [3.05, 3.63) is 59.1 Å². The van der Waals surface area contributed by atoms with Gasteiger partial charge in [0.1, 0.15) is 0 Å². The molecule has 1 aliphatic rings. The molecule has 0 saturated carbocycles. The van der Waals surface area contributed by atoms with Crippen LogP contribution in [0.5, 0.6) is 0 Å². The molecule has 29 heavy (non-hydrogen) atoms. The van der Waals surface area contributed by atoms with Crippen LogP contribution in [0.4, 0.5) is 5.69 Å². The Kier molecular flexibility index (Phi) is 6.86. The molecule has 1 saturated heterocycles. The number of benzene rings is 2. The molecule has 3 rings (SSSR count). The van der Waals surface area contributed by atoms with E-state index in [0.29, 0.717) is 18.2 Å². The van der Waals surface area contributed by atoms with Crippen LogP contribution in [0.1, 0.15) is 10.4 Å². The van der Waals surface area contributed by atoms with Crippen molar-refractivity contribution in [1.29, 1.82) is 0 Å². The van der Waals surface area contributed by atoms with E-state index < -0.39 is 28.5 Å². The van der Waals surface area contributed by atoms with Crippen LogP contribution in [0, 0.1) is 0 Å². The van der Waals surface area contributed by atoms with Crippen molar-refractivity contribution in [2.75, 3.05) is 38.2 Å². The summed E-state index contributed by atoms with van der Waals surface area (Å²) in [6.07, 6.45) is 0. The number of carbonyl (C=O) groups is 2. The van der Waals surface area contributed by atoms with Crippen LogP contribution in [0.2, 0.25) is 5.02 Å². The van der Waals surface area contributed by atoms with E-state index in [2.05, 4.69) is 5.32 Å². The lowest BCUT2D eigenvalue weighted by Crippen LogP contribution is -2.40. The van der Waals surface area contributed by atoms with Gasteiger partial charge in [0.25, 0.3) is 5.91 Å². The number of anilines is 1. The highest BCUT2D eigenvalue weighted by Crippen LogP contribution is 2.20. The van der Waals surface area contributed by atoms with Crippen LogP contribution in [-0.4, -0.2) is 57.5 Å². The van der Waals surface area contributed by atoms with Gasteiger partial charge in [0.05, 0.1) is 23.7 Å². The minimum Gasteiger partial charge on any atom is -0.452 e. The summed E-state index contributed by atoms with van der Waals surface area (Å²) >= 11 is 5.82. The summed E-state index contributed by atoms with van der Waals surface area (Å²) in [7, 11) is -3.68. The minimum absolute atomic E-state index is 0.0631. The average molecular weight is 439 g/mol. The SMILES string of the molecule is O=C(COC(=O)c1cccc(Cl)c1)Nc1cccc(S(=O)(=O)N2CCOCC2)c1.